The van der Waals surface area contributed by atoms with E-state index in [-0.39, 0.29) is 0 Å². The summed E-state index contributed by atoms with van der Waals surface area (Å²) in [6.45, 7) is 0. The Hall–Kier alpha value is -7.26. The molecule has 1 aromatic heterocycles. The molecule has 0 spiro atoms. The molecule has 0 amide bonds. The first-order valence-corrected chi connectivity index (χ1v) is 21.6. The van der Waals surface area contributed by atoms with Crippen molar-refractivity contribution in [2.24, 2.45) is 0 Å². The summed E-state index contributed by atoms with van der Waals surface area (Å²) in [7, 11) is 0. The molecule has 10 aromatic rings. The zero-order chi connectivity index (χ0) is 39.7. The fourth-order valence-electron chi connectivity index (χ4n) is 10.8. The zero-order valence-corrected chi connectivity index (χ0v) is 33.7. The summed E-state index contributed by atoms with van der Waals surface area (Å²) in [5.41, 5.74) is 17.4. The van der Waals surface area contributed by atoms with E-state index < -0.39 is 10.8 Å². The Kier molecular flexibility index (Phi) is 7.91. The van der Waals surface area contributed by atoms with Gasteiger partial charge in [0, 0.05) is 21.5 Å². The third kappa shape index (κ3) is 4.80. The van der Waals surface area contributed by atoms with Gasteiger partial charge >= 0.3 is 0 Å². The van der Waals surface area contributed by atoms with E-state index in [9.17, 15) is 0 Å². The molecule has 282 valence electrons. The normalized spacial score (nSPS) is 13.9. The van der Waals surface area contributed by atoms with Crippen LogP contribution < -0.4 is 4.90 Å². The third-order valence-corrected chi connectivity index (χ3v) is 14.0. The molecule has 0 saturated carbocycles. The van der Waals surface area contributed by atoms with Gasteiger partial charge in [0.05, 0.1) is 22.2 Å². The number of nitrogens with zero attached hydrogens (tertiary/aromatic N) is 1. The van der Waals surface area contributed by atoms with Crippen LogP contribution in [0.25, 0.3) is 32.3 Å². The molecule has 0 unspecified atom stereocenters. The number of benzene rings is 9. The van der Waals surface area contributed by atoms with E-state index in [2.05, 4.69) is 241 Å². The number of anilines is 3. The van der Waals surface area contributed by atoms with Gasteiger partial charge in [0.15, 0.2) is 0 Å². The molecular weight excluding hydrogens is 743 g/mol. The smallest absolute Gasteiger partial charge is 0.0734 e. The molecule has 1 heterocycles. The number of fused-ring (bicyclic) bond motifs is 7. The lowest BCUT2D eigenvalue weighted by atomic mass is 9.66. The lowest BCUT2D eigenvalue weighted by molar-refractivity contribution is 0.761. The Balaban J connectivity index is 1.26. The van der Waals surface area contributed by atoms with Crippen molar-refractivity contribution in [1.29, 1.82) is 0 Å². The Bertz CT molecular complexity index is 2940. The maximum atomic E-state index is 2.60. The largest absolute Gasteiger partial charge is 0.310 e. The molecule has 9 aromatic carbocycles. The summed E-state index contributed by atoms with van der Waals surface area (Å²) in [6, 6.07) is 86.1. The van der Waals surface area contributed by atoms with Crippen molar-refractivity contribution in [1.82, 2.24) is 0 Å². The number of hydrogen-bond acceptors (Lipinski definition) is 2. The highest BCUT2D eigenvalue weighted by atomic mass is 32.1. The number of rotatable bonds is 7. The molecule has 0 fully saturated rings. The van der Waals surface area contributed by atoms with Crippen molar-refractivity contribution < 1.29 is 0 Å². The molecule has 0 saturated heterocycles. The van der Waals surface area contributed by atoms with E-state index in [0.29, 0.717) is 0 Å². The molecule has 0 N–H and O–H groups in total. The lowest BCUT2D eigenvalue weighted by Gasteiger charge is -2.40. The second-order valence-electron chi connectivity index (χ2n) is 15.9. The van der Waals surface area contributed by atoms with Gasteiger partial charge in [-0.1, -0.05) is 194 Å². The minimum Gasteiger partial charge on any atom is -0.310 e. The second kappa shape index (κ2) is 13.7. The first-order chi connectivity index (χ1) is 29.8. The monoisotopic (exact) mass is 781 g/mol. The summed E-state index contributed by atoms with van der Waals surface area (Å²) in [5, 5.41) is 3.45. The van der Waals surface area contributed by atoms with Crippen molar-refractivity contribution in [3.05, 3.63) is 280 Å². The van der Waals surface area contributed by atoms with Crippen molar-refractivity contribution >= 4 is 38.5 Å². The van der Waals surface area contributed by atoms with E-state index in [1.54, 1.807) is 11.3 Å². The Morgan fingerprint density at radius 2 is 0.733 bits per heavy atom. The van der Waals surface area contributed by atoms with Gasteiger partial charge in [0.2, 0.25) is 0 Å². The maximum Gasteiger partial charge on any atom is 0.0734 e. The fraction of sp³-hybridized carbons (Fsp3) is 0.0345. The number of hydrogen-bond donors (Lipinski definition) is 0. The molecule has 2 aliphatic carbocycles. The second-order valence-corrected chi connectivity index (χ2v) is 16.9. The Morgan fingerprint density at radius 3 is 1.18 bits per heavy atom. The van der Waals surface area contributed by atoms with Crippen molar-refractivity contribution in [3.8, 4) is 22.3 Å². The van der Waals surface area contributed by atoms with Crippen LogP contribution in [0.4, 0.5) is 17.1 Å². The van der Waals surface area contributed by atoms with Gasteiger partial charge < -0.3 is 4.90 Å². The minimum atomic E-state index is -0.605. The first kappa shape index (κ1) is 34.8. The van der Waals surface area contributed by atoms with Crippen LogP contribution in [0.15, 0.2) is 236 Å². The summed E-state index contributed by atoms with van der Waals surface area (Å²) < 4.78 is 1.28. The SMILES string of the molecule is c1ccc(C2(c3ccccc3)c3ccccc3-c3cccc(N(c4ccc5sccc5c4)c4cccc5c4C(c4ccccc4)(c4ccccc4)c4ccccc4-5)c32)cc1. The van der Waals surface area contributed by atoms with Crippen LogP contribution in [-0.2, 0) is 10.8 Å². The van der Waals surface area contributed by atoms with Gasteiger partial charge in [-0.25, -0.2) is 0 Å². The summed E-state index contributed by atoms with van der Waals surface area (Å²) in [4.78, 5) is 2.60. The molecule has 2 heteroatoms. The van der Waals surface area contributed by atoms with Gasteiger partial charge in [0.1, 0.15) is 0 Å². The molecule has 60 heavy (non-hydrogen) atoms. The van der Waals surface area contributed by atoms with Crippen LogP contribution in [0.2, 0.25) is 0 Å². The highest BCUT2D eigenvalue weighted by Gasteiger charge is 2.51. The lowest BCUT2D eigenvalue weighted by Crippen LogP contribution is -2.32. The molecular formula is C58H39NS. The van der Waals surface area contributed by atoms with E-state index in [1.165, 1.54) is 76.8 Å². The van der Waals surface area contributed by atoms with E-state index in [0.717, 1.165) is 17.1 Å². The Morgan fingerprint density at radius 1 is 0.333 bits per heavy atom. The predicted molar refractivity (Wildman–Crippen MR) is 251 cm³/mol. The van der Waals surface area contributed by atoms with E-state index >= 15 is 0 Å². The first-order valence-electron chi connectivity index (χ1n) is 20.8. The van der Waals surface area contributed by atoms with Gasteiger partial charge in [-0.15, -0.1) is 11.3 Å². The van der Waals surface area contributed by atoms with E-state index in [4.69, 9.17) is 0 Å². The van der Waals surface area contributed by atoms with Gasteiger partial charge in [0.25, 0.3) is 0 Å². The van der Waals surface area contributed by atoms with Gasteiger partial charge in [-0.05, 0) is 103 Å². The van der Waals surface area contributed by atoms with Gasteiger partial charge in [-0.2, -0.15) is 0 Å². The van der Waals surface area contributed by atoms with Crippen LogP contribution in [0, 0.1) is 0 Å². The average Bonchev–Trinajstić information content (AvgIpc) is 4.01. The summed E-state index contributed by atoms with van der Waals surface area (Å²) >= 11 is 1.79. The highest BCUT2D eigenvalue weighted by molar-refractivity contribution is 7.17. The zero-order valence-electron chi connectivity index (χ0n) is 32.9. The summed E-state index contributed by atoms with van der Waals surface area (Å²) in [6.07, 6.45) is 0. The van der Waals surface area contributed by atoms with Crippen LogP contribution in [0.3, 0.4) is 0 Å². The number of thiophene rings is 1. The van der Waals surface area contributed by atoms with Gasteiger partial charge in [-0.3, -0.25) is 0 Å². The summed E-state index contributed by atoms with van der Waals surface area (Å²) in [5.74, 6) is 0. The third-order valence-electron chi connectivity index (χ3n) is 13.1. The van der Waals surface area contributed by atoms with Crippen LogP contribution in [0.5, 0.6) is 0 Å². The van der Waals surface area contributed by atoms with Crippen molar-refractivity contribution in [3.63, 3.8) is 0 Å². The molecule has 0 radical (unpaired) electrons. The molecule has 1 nitrogen and oxygen atoms in total. The molecule has 0 bridgehead atoms. The van der Waals surface area contributed by atoms with Crippen molar-refractivity contribution in [2.75, 3.05) is 4.90 Å². The minimum absolute atomic E-state index is 0.605. The molecule has 0 atom stereocenters. The standard InChI is InChI=1S/C58H39NS/c1-5-19-41(20-6-1)57(42-21-7-2-8-22-42)50-31-15-13-27-46(50)48-29-17-33-52(55(48)57)59(45-35-36-54-40(39-45)37-38-60-54)53-34-18-30-49-47-28-14-16-32-51(47)58(56(49)53,43-23-9-3-10-24-43)44-25-11-4-12-26-44/h1-39H. The maximum absolute atomic E-state index is 2.60. The van der Waals surface area contributed by atoms with Crippen LogP contribution in [0.1, 0.15) is 44.5 Å². The van der Waals surface area contributed by atoms with E-state index in [1.807, 2.05) is 0 Å². The van der Waals surface area contributed by atoms with Crippen molar-refractivity contribution in [2.45, 2.75) is 10.8 Å². The van der Waals surface area contributed by atoms with Crippen LogP contribution in [-0.4, -0.2) is 0 Å². The molecule has 0 aliphatic heterocycles. The molecule has 12 rings (SSSR count). The fourth-order valence-corrected chi connectivity index (χ4v) is 11.6. The highest BCUT2D eigenvalue weighted by Crippen LogP contribution is 2.63. The average molecular weight is 782 g/mol. The Labute approximate surface area is 355 Å². The topological polar surface area (TPSA) is 3.24 Å². The quantitative estimate of drug-likeness (QED) is 0.156. The predicted octanol–water partition coefficient (Wildman–Crippen LogP) is 15.1. The molecule has 2 aliphatic rings. The van der Waals surface area contributed by atoms with Crippen LogP contribution >= 0.6 is 11.3 Å².